The summed E-state index contributed by atoms with van der Waals surface area (Å²) in [5.41, 5.74) is 2.85. The minimum Gasteiger partial charge on any atom is -0.312 e. The van der Waals surface area contributed by atoms with E-state index in [-0.39, 0.29) is 17.7 Å². The van der Waals surface area contributed by atoms with Crippen LogP contribution in [0.15, 0.2) is 18.2 Å². The first-order chi connectivity index (χ1) is 12.7. The smallest absolute Gasteiger partial charge is 0.231 e. The summed E-state index contributed by atoms with van der Waals surface area (Å²) in [4.78, 5) is 26.6. The molecule has 0 saturated carbocycles. The van der Waals surface area contributed by atoms with Gasteiger partial charge in [-0.1, -0.05) is 38.2 Å². The van der Waals surface area contributed by atoms with E-state index in [2.05, 4.69) is 22.4 Å². The van der Waals surface area contributed by atoms with E-state index < -0.39 is 5.41 Å². The molecular weight excluding hydrogens is 360 g/mol. The van der Waals surface area contributed by atoms with Crippen LogP contribution in [0.4, 0.5) is 10.8 Å². The molecule has 1 aliphatic heterocycles. The Labute approximate surface area is 164 Å². The monoisotopic (exact) mass is 386 g/mol. The summed E-state index contributed by atoms with van der Waals surface area (Å²) in [5, 5.41) is 12.5. The highest BCUT2D eigenvalue weighted by Gasteiger charge is 2.34. The Morgan fingerprint density at radius 2 is 2.04 bits per heavy atom. The number of anilines is 2. The first-order valence-electron chi connectivity index (χ1n) is 9.23. The molecule has 1 saturated heterocycles. The standard InChI is InChI=1S/C20H26N4O2S/c1-6-20(4,5)18(26)21-19-23-22-17(27-19)14-10-16(25)24(11-14)15-8-7-12(2)13(3)9-15/h7-9,14H,6,10-11H2,1-5H3,(H,21,23,26). The van der Waals surface area contributed by atoms with Crippen molar-refractivity contribution in [1.29, 1.82) is 0 Å². The number of aryl methyl sites for hydroxylation is 2. The Morgan fingerprint density at radius 1 is 1.30 bits per heavy atom. The second kappa shape index (κ2) is 7.38. The van der Waals surface area contributed by atoms with E-state index in [1.54, 1.807) is 0 Å². The maximum atomic E-state index is 12.5. The molecular formula is C20H26N4O2S. The van der Waals surface area contributed by atoms with Crippen LogP contribution in [0.3, 0.4) is 0 Å². The number of rotatable bonds is 5. The lowest BCUT2D eigenvalue weighted by Gasteiger charge is -2.20. The fourth-order valence-electron chi connectivity index (χ4n) is 2.89. The summed E-state index contributed by atoms with van der Waals surface area (Å²) in [7, 11) is 0. The number of nitrogens with one attached hydrogen (secondary N) is 1. The van der Waals surface area contributed by atoms with Gasteiger partial charge in [-0.15, -0.1) is 10.2 Å². The fraction of sp³-hybridized carbons (Fsp3) is 0.500. The summed E-state index contributed by atoms with van der Waals surface area (Å²) < 4.78 is 0. The number of carbonyl (C=O) groups excluding carboxylic acids is 2. The maximum absolute atomic E-state index is 12.5. The van der Waals surface area contributed by atoms with Gasteiger partial charge in [0, 0.05) is 30.0 Å². The van der Waals surface area contributed by atoms with Crippen molar-refractivity contribution in [2.75, 3.05) is 16.8 Å². The van der Waals surface area contributed by atoms with Crippen molar-refractivity contribution >= 4 is 34.0 Å². The number of benzene rings is 1. The predicted octanol–water partition coefficient (Wildman–Crippen LogP) is 4.05. The quantitative estimate of drug-likeness (QED) is 0.841. The van der Waals surface area contributed by atoms with Crippen LogP contribution in [0.1, 0.15) is 55.7 Å². The molecule has 0 spiro atoms. The molecule has 0 bridgehead atoms. The molecule has 1 atom stereocenters. The zero-order valence-electron chi connectivity index (χ0n) is 16.5. The number of aromatic nitrogens is 2. The minimum atomic E-state index is -0.449. The molecule has 2 aromatic rings. The normalized spacial score (nSPS) is 17.4. The summed E-state index contributed by atoms with van der Waals surface area (Å²) in [6.07, 6.45) is 1.16. The fourth-order valence-corrected chi connectivity index (χ4v) is 3.72. The highest BCUT2D eigenvalue weighted by Crippen LogP contribution is 2.35. The van der Waals surface area contributed by atoms with Crippen molar-refractivity contribution in [3.63, 3.8) is 0 Å². The van der Waals surface area contributed by atoms with Crippen LogP contribution in [0.2, 0.25) is 0 Å². The molecule has 2 heterocycles. The SMILES string of the molecule is CCC(C)(C)C(=O)Nc1nnc(C2CC(=O)N(c3ccc(C)c(C)c3)C2)s1. The third-order valence-corrected chi connectivity index (χ3v) is 6.44. The zero-order chi connectivity index (χ0) is 19.8. The number of nitrogens with zero attached hydrogens (tertiary/aromatic N) is 3. The Hall–Kier alpha value is -2.28. The molecule has 1 N–H and O–H groups in total. The van der Waals surface area contributed by atoms with E-state index >= 15 is 0 Å². The van der Waals surface area contributed by atoms with Gasteiger partial charge in [-0.2, -0.15) is 0 Å². The Kier molecular flexibility index (Phi) is 5.33. The number of amides is 2. The van der Waals surface area contributed by atoms with Gasteiger partial charge in [0.2, 0.25) is 16.9 Å². The molecule has 6 nitrogen and oxygen atoms in total. The second-order valence-corrected chi connectivity index (χ2v) is 8.82. The topological polar surface area (TPSA) is 75.2 Å². The maximum Gasteiger partial charge on any atom is 0.231 e. The molecule has 2 amide bonds. The lowest BCUT2D eigenvalue weighted by Crippen LogP contribution is -2.29. The summed E-state index contributed by atoms with van der Waals surface area (Å²) in [5.74, 6) is 0.0320. The molecule has 3 rings (SSSR count). The average Bonchev–Trinajstić information content (AvgIpc) is 3.24. The van der Waals surface area contributed by atoms with E-state index in [1.807, 2.05) is 50.8 Å². The Balaban J connectivity index is 1.71. The molecule has 1 aromatic carbocycles. The Morgan fingerprint density at radius 3 is 2.70 bits per heavy atom. The van der Waals surface area contributed by atoms with Crippen LogP contribution in [-0.2, 0) is 9.59 Å². The Bertz CT molecular complexity index is 875. The largest absolute Gasteiger partial charge is 0.312 e. The van der Waals surface area contributed by atoms with Gasteiger partial charge in [-0.25, -0.2) is 0 Å². The van der Waals surface area contributed by atoms with Crippen molar-refractivity contribution in [2.24, 2.45) is 5.41 Å². The lowest BCUT2D eigenvalue weighted by atomic mass is 9.89. The van der Waals surface area contributed by atoms with Gasteiger partial charge < -0.3 is 10.2 Å². The van der Waals surface area contributed by atoms with Gasteiger partial charge in [-0.05, 0) is 43.5 Å². The molecule has 144 valence electrons. The zero-order valence-corrected chi connectivity index (χ0v) is 17.3. The molecule has 1 aliphatic rings. The van der Waals surface area contributed by atoms with Gasteiger partial charge in [0.05, 0.1) is 0 Å². The van der Waals surface area contributed by atoms with Crippen molar-refractivity contribution < 1.29 is 9.59 Å². The van der Waals surface area contributed by atoms with E-state index in [0.29, 0.717) is 18.1 Å². The number of hydrogen-bond acceptors (Lipinski definition) is 5. The van der Waals surface area contributed by atoms with Crippen molar-refractivity contribution in [2.45, 2.75) is 53.4 Å². The van der Waals surface area contributed by atoms with Crippen LogP contribution in [0, 0.1) is 19.3 Å². The van der Waals surface area contributed by atoms with Crippen molar-refractivity contribution in [1.82, 2.24) is 10.2 Å². The van der Waals surface area contributed by atoms with Gasteiger partial charge in [-0.3, -0.25) is 9.59 Å². The van der Waals surface area contributed by atoms with Crippen LogP contribution in [0.5, 0.6) is 0 Å². The van der Waals surface area contributed by atoms with Gasteiger partial charge in [0.1, 0.15) is 5.01 Å². The van der Waals surface area contributed by atoms with Gasteiger partial charge in [0.15, 0.2) is 0 Å². The van der Waals surface area contributed by atoms with Crippen LogP contribution in [-0.4, -0.2) is 28.6 Å². The van der Waals surface area contributed by atoms with Crippen molar-refractivity contribution in [3.05, 3.63) is 34.3 Å². The average molecular weight is 387 g/mol. The highest BCUT2D eigenvalue weighted by molar-refractivity contribution is 7.15. The summed E-state index contributed by atoms with van der Waals surface area (Å²) >= 11 is 1.36. The van der Waals surface area contributed by atoms with E-state index in [0.717, 1.165) is 17.1 Å². The second-order valence-electron chi connectivity index (χ2n) is 7.81. The van der Waals surface area contributed by atoms with E-state index in [1.165, 1.54) is 22.5 Å². The highest BCUT2D eigenvalue weighted by atomic mass is 32.1. The van der Waals surface area contributed by atoms with E-state index in [4.69, 9.17) is 0 Å². The molecule has 1 fully saturated rings. The lowest BCUT2D eigenvalue weighted by molar-refractivity contribution is -0.124. The van der Waals surface area contributed by atoms with Gasteiger partial charge in [0.25, 0.3) is 0 Å². The molecule has 0 radical (unpaired) electrons. The van der Waals surface area contributed by atoms with Crippen LogP contribution >= 0.6 is 11.3 Å². The molecule has 1 unspecified atom stereocenters. The first kappa shape index (κ1) is 19.5. The molecule has 7 heteroatoms. The minimum absolute atomic E-state index is 0.00134. The third-order valence-electron chi connectivity index (χ3n) is 5.44. The summed E-state index contributed by atoms with van der Waals surface area (Å²) in [6, 6.07) is 6.08. The van der Waals surface area contributed by atoms with Crippen molar-refractivity contribution in [3.8, 4) is 0 Å². The third kappa shape index (κ3) is 4.03. The number of hydrogen-bond donors (Lipinski definition) is 1. The predicted molar refractivity (Wildman–Crippen MR) is 108 cm³/mol. The van der Waals surface area contributed by atoms with Crippen LogP contribution < -0.4 is 10.2 Å². The van der Waals surface area contributed by atoms with Crippen LogP contribution in [0.25, 0.3) is 0 Å². The first-order valence-corrected chi connectivity index (χ1v) is 10.1. The molecule has 27 heavy (non-hydrogen) atoms. The molecule has 0 aliphatic carbocycles. The van der Waals surface area contributed by atoms with Gasteiger partial charge >= 0.3 is 0 Å². The summed E-state index contributed by atoms with van der Waals surface area (Å²) in [6.45, 7) is 10.5. The number of carbonyl (C=O) groups is 2. The molecule has 1 aromatic heterocycles. The van der Waals surface area contributed by atoms with E-state index in [9.17, 15) is 9.59 Å².